The molecule has 1 aromatic heterocycles. The molecule has 1 N–H and O–H groups in total. The molecule has 146 valence electrons. The molecule has 5 rings (SSSR count). The van der Waals surface area contributed by atoms with Gasteiger partial charge in [0.25, 0.3) is 5.91 Å². The first kappa shape index (κ1) is 17.9. The predicted molar refractivity (Wildman–Crippen MR) is 112 cm³/mol. The van der Waals surface area contributed by atoms with Crippen molar-refractivity contribution in [2.75, 3.05) is 13.1 Å². The van der Waals surface area contributed by atoms with E-state index in [2.05, 4.69) is 5.32 Å². The van der Waals surface area contributed by atoms with E-state index in [0.717, 1.165) is 27.3 Å². The lowest BCUT2D eigenvalue weighted by atomic mass is 10.0. The normalized spacial score (nSPS) is 18.1. The first-order valence-electron chi connectivity index (χ1n) is 9.68. The molecule has 1 fully saturated rings. The van der Waals surface area contributed by atoms with E-state index in [1.54, 1.807) is 0 Å². The molecule has 1 atom stereocenters. The van der Waals surface area contributed by atoms with Crippen LogP contribution >= 0.6 is 11.3 Å². The lowest BCUT2D eigenvalue weighted by Gasteiger charge is -2.29. The molecule has 2 aliphatic heterocycles. The van der Waals surface area contributed by atoms with E-state index in [4.69, 9.17) is 4.74 Å². The van der Waals surface area contributed by atoms with Gasteiger partial charge in [-0.1, -0.05) is 42.5 Å². The maximum atomic E-state index is 13.5. The van der Waals surface area contributed by atoms with Crippen LogP contribution < -0.4 is 10.1 Å². The zero-order valence-corrected chi connectivity index (χ0v) is 16.6. The Balaban J connectivity index is 1.51. The van der Waals surface area contributed by atoms with Crippen molar-refractivity contribution in [1.82, 2.24) is 10.2 Å². The maximum absolute atomic E-state index is 13.5. The van der Waals surface area contributed by atoms with Crippen LogP contribution in [0.2, 0.25) is 0 Å². The van der Waals surface area contributed by atoms with E-state index in [1.807, 2.05) is 65.6 Å². The number of para-hydroxylation sites is 1. The Bertz CT molecular complexity index is 1080. The predicted octanol–water partition coefficient (Wildman–Crippen LogP) is 4.01. The Hall–Kier alpha value is -3.12. The highest BCUT2D eigenvalue weighted by molar-refractivity contribution is 7.17. The van der Waals surface area contributed by atoms with E-state index in [9.17, 15) is 9.59 Å². The van der Waals surface area contributed by atoms with E-state index in [0.29, 0.717) is 24.6 Å². The van der Waals surface area contributed by atoms with E-state index < -0.39 is 0 Å². The number of hydrogen-bond acceptors (Lipinski definition) is 4. The zero-order chi connectivity index (χ0) is 19.8. The van der Waals surface area contributed by atoms with Crippen LogP contribution in [0.25, 0.3) is 10.4 Å². The van der Waals surface area contributed by atoms with Crippen LogP contribution in [0, 0.1) is 0 Å². The molecule has 0 bridgehead atoms. The summed E-state index contributed by atoms with van der Waals surface area (Å²) in [6, 6.07) is 19.4. The summed E-state index contributed by atoms with van der Waals surface area (Å²) in [7, 11) is 0. The van der Waals surface area contributed by atoms with Gasteiger partial charge in [-0.25, -0.2) is 0 Å². The summed E-state index contributed by atoms with van der Waals surface area (Å²) in [6.45, 7) is 1.42. The Morgan fingerprint density at radius 1 is 1.10 bits per heavy atom. The number of fused-ring (bicyclic) bond motifs is 3. The minimum atomic E-state index is -0.270. The number of carbonyl (C=O) groups is 2. The summed E-state index contributed by atoms with van der Waals surface area (Å²) in [5.74, 6) is 0.793. The van der Waals surface area contributed by atoms with Crippen LogP contribution in [0.3, 0.4) is 0 Å². The molecule has 0 spiro atoms. The van der Waals surface area contributed by atoms with Crippen LogP contribution in [-0.2, 0) is 11.4 Å². The number of nitrogens with zero attached hydrogens (tertiary/aromatic N) is 1. The van der Waals surface area contributed by atoms with Gasteiger partial charge in [0.05, 0.1) is 17.3 Å². The maximum Gasteiger partial charge on any atom is 0.264 e. The molecular weight excluding hydrogens is 384 g/mol. The monoisotopic (exact) mass is 404 g/mol. The average molecular weight is 404 g/mol. The molecule has 5 nitrogen and oxygen atoms in total. The van der Waals surface area contributed by atoms with Crippen molar-refractivity contribution in [2.24, 2.45) is 0 Å². The van der Waals surface area contributed by atoms with Gasteiger partial charge in [0.1, 0.15) is 12.4 Å². The number of ether oxygens (including phenoxy) is 1. The lowest BCUT2D eigenvalue weighted by Crippen LogP contribution is -2.36. The smallest absolute Gasteiger partial charge is 0.264 e. The molecule has 0 radical (unpaired) electrons. The van der Waals surface area contributed by atoms with Crippen molar-refractivity contribution in [1.29, 1.82) is 0 Å². The number of hydrogen-bond donors (Lipinski definition) is 1. The number of rotatable bonds is 2. The van der Waals surface area contributed by atoms with Crippen LogP contribution in [0.4, 0.5) is 0 Å². The SMILES string of the molecule is O=C1CC(c2ccccc2)N(C(=O)c2cc3c(s2)-c2ccccc2OC3)CCN1. The van der Waals surface area contributed by atoms with Crippen molar-refractivity contribution in [3.8, 4) is 16.2 Å². The quantitative estimate of drug-likeness (QED) is 0.702. The van der Waals surface area contributed by atoms with Crippen LogP contribution in [-0.4, -0.2) is 29.8 Å². The lowest BCUT2D eigenvalue weighted by molar-refractivity contribution is -0.121. The zero-order valence-electron chi connectivity index (χ0n) is 15.8. The van der Waals surface area contributed by atoms with E-state index in [-0.39, 0.29) is 24.3 Å². The third kappa shape index (κ3) is 3.29. The average Bonchev–Trinajstić information content (AvgIpc) is 3.11. The molecule has 0 aliphatic carbocycles. The summed E-state index contributed by atoms with van der Waals surface area (Å²) in [5, 5.41) is 2.89. The second-order valence-corrected chi connectivity index (χ2v) is 8.28. The molecule has 2 aliphatic rings. The third-order valence-corrected chi connectivity index (χ3v) is 6.61. The highest BCUT2D eigenvalue weighted by atomic mass is 32.1. The van der Waals surface area contributed by atoms with E-state index in [1.165, 1.54) is 11.3 Å². The highest BCUT2D eigenvalue weighted by Gasteiger charge is 2.32. The number of thiophene rings is 1. The summed E-state index contributed by atoms with van der Waals surface area (Å²) >= 11 is 1.51. The summed E-state index contributed by atoms with van der Waals surface area (Å²) in [6.07, 6.45) is 0.271. The minimum Gasteiger partial charge on any atom is -0.488 e. The Labute approximate surface area is 172 Å². The molecule has 0 saturated carbocycles. The molecular formula is C23H20N2O3S. The number of amides is 2. The van der Waals surface area contributed by atoms with Crippen molar-refractivity contribution in [2.45, 2.75) is 19.1 Å². The fourth-order valence-electron chi connectivity index (χ4n) is 3.99. The van der Waals surface area contributed by atoms with E-state index >= 15 is 0 Å². The van der Waals surface area contributed by atoms with Crippen molar-refractivity contribution < 1.29 is 14.3 Å². The van der Waals surface area contributed by atoms with Gasteiger partial charge in [-0.2, -0.15) is 0 Å². The summed E-state index contributed by atoms with van der Waals surface area (Å²) < 4.78 is 5.84. The highest BCUT2D eigenvalue weighted by Crippen LogP contribution is 2.43. The van der Waals surface area contributed by atoms with Crippen molar-refractivity contribution in [3.05, 3.63) is 76.7 Å². The first-order valence-corrected chi connectivity index (χ1v) is 10.5. The van der Waals surface area contributed by atoms with Gasteiger partial charge in [-0.15, -0.1) is 11.3 Å². The number of benzene rings is 2. The van der Waals surface area contributed by atoms with Gasteiger partial charge >= 0.3 is 0 Å². The topological polar surface area (TPSA) is 58.6 Å². The third-order valence-electron chi connectivity index (χ3n) is 5.41. The largest absolute Gasteiger partial charge is 0.488 e. The number of carbonyl (C=O) groups excluding carboxylic acids is 2. The standard InChI is InChI=1S/C23H20N2O3S/c26-21-13-18(15-6-2-1-3-7-15)25(11-10-24-21)23(27)20-12-16-14-28-19-9-5-4-8-17(19)22(16)29-20/h1-9,12,18H,10-11,13-14H2,(H,24,26). The van der Waals surface area contributed by atoms with Crippen molar-refractivity contribution >= 4 is 23.2 Å². The van der Waals surface area contributed by atoms with Gasteiger partial charge in [0, 0.05) is 29.1 Å². The molecule has 2 amide bonds. The van der Waals surface area contributed by atoms with Crippen molar-refractivity contribution in [3.63, 3.8) is 0 Å². The second kappa shape index (κ2) is 7.37. The first-order chi connectivity index (χ1) is 14.2. The van der Waals surface area contributed by atoms with Gasteiger partial charge in [0.15, 0.2) is 0 Å². The molecule has 6 heteroatoms. The Morgan fingerprint density at radius 2 is 1.90 bits per heavy atom. The van der Waals surface area contributed by atoms with Gasteiger partial charge < -0.3 is 15.0 Å². The van der Waals surface area contributed by atoms with Crippen LogP contribution in [0.1, 0.15) is 33.3 Å². The molecule has 3 heterocycles. The van der Waals surface area contributed by atoms with Gasteiger partial charge in [-0.3, -0.25) is 9.59 Å². The number of nitrogens with one attached hydrogen (secondary N) is 1. The Morgan fingerprint density at radius 3 is 2.76 bits per heavy atom. The molecule has 1 unspecified atom stereocenters. The van der Waals surface area contributed by atoms with Crippen LogP contribution in [0.15, 0.2) is 60.7 Å². The fourth-order valence-corrected chi connectivity index (χ4v) is 5.15. The fraction of sp³-hybridized carbons (Fsp3) is 0.217. The summed E-state index contributed by atoms with van der Waals surface area (Å²) in [4.78, 5) is 29.3. The second-order valence-electron chi connectivity index (χ2n) is 7.23. The van der Waals surface area contributed by atoms with Crippen LogP contribution in [0.5, 0.6) is 5.75 Å². The van der Waals surface area contributed by atoms with Gasteiger partial charge in [-0.05, 0) is 23.8 Å². The minimum absolute atomic E-state index is 0.0260. The summed E-state index contributed by atoms with van der Waals surface area (Å²) in [5.41, 5.74) is 3.05. The van der Waals surface area contributed by atoms with Gasteiger partial charge in [0.2, 0.25) is 5.91 Å². The molecule has 2 aromatic carbocycles. The molecule has 1 saturated heterocycles. The molecule has 29 heavy (non-hydrogen) atoms. The Kier molecular flexibility index (Phi) is 4.56. The molecule has 3 aromatic rings.